The number of hydrogen-bond donors (Lipinski definition) is 1. The van der Waals surface area contributed by atoms with Gasteiger partial charge in [-0.05, 0) is 31.0 Å². The molecule has 1 N–H and O–H groups in total. The van der Waals surface area contributed by atoms with E-state index in [1.54, 1.807) is 48.5 Å². The molecule has 0 aromatic carbocycles. The van der Waals surface area contributed by atoms with Crippen LogP contribution in [-0.4, -0.2) is 45.3 Å². The van der Waals surface area contributed by atoms with Gasteiger partial charge in [-0.3, -0.25) is 14.0 Å². The Hall–Kier alpha value is -3.46. The summed E-state index contributed by atoms with van der Waals surface area (Å²) in [5.41, 5.74) is 2.18. The lowest BCUT2D eigenvalue weighted by Crippen LogP contribution is -2.27. The van der Waals surface area contributed by atoms with Gasteiger partial charge in [0.25, 0.3) is 11.5 Å². The highest BCUT2D eigenvalue weighted by Gasteiger charge is 2.19. The summed E-state index contributed by atoms with van der Waals surface area (Å²) in [7, 11) is 1.59. The second-order valence-electron chi connectivity index (χ2n) is 6.65. The summed E-state index contributed by atoms with van der Waals surface area (Å²) in [6, 6.07) is 6.96. The predicted octanol–water partition coefficient (Wildman–Crippen LogP) is 1.65. The van der Waals surface area contributed by atoms with Crippen LogP contribution in [0, 0.1) is 0 Å². The van der Waals surface area contributed by atoms with Crippen molar-refractivity contribution >= 4 is 22.6 Å². The molecule has 29 heavy (non-hydrogen) atoms. The topological polar surface area (TPSA) is 104 Å². The zero-order chi connectivity index (χ0) is 20.2. The van der Waals surface area contributed by atoms with E-state index in [1.807, 2.05) is 6.07 Å². The van der Waals surface area contributed by atoms with Crippen LogP contribution in [0.5, 0.6) is 0 Å². The normalized spacial score (nSPS) is 11.3. The number of carbonyl (C=O) groups is 1. The molecule has 4 aromatic heterocycles. The van der Waals surface area contributed by atoms with E-state index >= 15 is 0 Å². The first-order chi connectivity index (χ1) is 14.2. The van der Waals surface area contributed by atoms with Crippen molar-refractivity contribution in [1.29, 1.82) is 0 Å². The zero-order valence-corrected chi connectivity index (χ0v) is 16.0. The molecule has 9 nitrogen and oxygen atoms in total. The average Bonchev–Trinajstić information content (AvgIpc) is 3.38. The number of methoxy groups -OCH3 is 1. The van der Waals surface area contributed by atoms with Gasteiger partial charge in [-0.15, -0.1) is 0 Å². The molecule has 4 heterocycles. The van der Waals surface area contributed by atoms with Gasteiger partial charge < -0.3 is 19.1 Å². The van der Waals surface area contributed by atoms with E-state index in [0.717, 1.165) is 18.4 Å². The first-order valence-corrected chi connectivity index (χ1v) is 9.35. The van der Waals surface area contributed by atoms with Gasteiger partial charge in [-0.2, -0.15) is 0 Å². The number of nitrogens with zero attached hydrogens (tertiary/aromatic N) is 4. The summed E-state index contributed by atoms with van der Waals surface area (Å²) < 4.78 is 13.2. The highest BCUT2D eigenvalue weighted by atomic mass is 16.5. The Balaban J connectivity index is 1.63. The minimum Gasteiger partial charge on any atom is -0.383 e. The molecule has 0 saturated carbocycles. The van der Waals surface area contributed by atoms with Crippen molar-refractivity contribution in [3.8, 4) is 0 Å². The molecule has 0 aliphatic rings. The molecular formula is C20H21N5O4. The maximum absolute atomic E-state index is 12.9. The molecule has 0 fully saturated rings. The number of nitrogens with one attached hydrogen (secondary N) is 1. The first kappa shape index (κ1) is 18.9. The second kappa shape index (κ2) is 8.27. The largest absolute Gasteiger partial charge is 0.383 e. The molecular weight excluding hydrogens is 374 g/mol. The summed E-state index contributed by atoms with van der Waals surface area (Å²) in [5, 5.41) is 6.98. The first-order valence-electron chi connectivity index (χ1n) is 9.35. The molecule has 150 valence electrons. The van der Waals surface area contributed by atoms with Crippen LogP contribution < -0.4 is 10.9 Å². The third-order valence-electron chi connectivity index (χ3n) is 4.74. The van der Waals surface area contributed by atoms with E-state index in [-0.39, 0.29) is 11.5 Å². The molecule has 4 rings (SSSR count). The van der Waals surface area contributed by atoms with Crippen LogP contribution in [0.3, 0.4) is 0 Å². The Bertz CT molecular complexity index is 1190. The van der Waals surface area contributed by atoms with Gasteiger partial charge in [0.1, 0.15) is 23.3 Å². The van der Waals surface area contributed by atoms with Crippen LogP contribution in [0.25, 0.3) is 16.7 Å². The number of aromatic nitrogens is 4. The summed E-state index contributed by atoms with van der Waals surface area (Å²) in [5.74, 6) is -0.252. The fourth-order valence-corrected chi connectivity index (χ4v) is 3.28. The summed E-state index contributed by atoms with van der Waals surface area (Å²) >= 11 is 0. The SMILES string of the molecule is COCCn1c(C(=O)NCCCc2cnoc2)cc2c(=O)n3ccccc3nc21. The highest BCUT2D eigenvalue weighted by Crippen LogP contribution is 2.17. The summed E-state index contributed by atoms with van der Waals surface area (Å²) in [4.78, 5) is 30.3. The Labute approximate surface area is 165 Å². The van der Waals surface area contributed by atoms with Crippen LogP contribution in [0.15, 0.2) is 52.2 Å². The molecule has 0 spiro atoms. The Morgan fingerprint density at radius 1 is 1.34 bits per heavy atom. The van der Waals surface area contributed by atoms with E-state index in [1.165, 1.54) is 4.40 Å². The molecule has 0 aliphatic heterocycles. The lowest BCUT2D eigenvalue weighted by atomic mass is 10.2. The average molecular weight is 395 g/mol. The molecule has 4 aromatic rings. The molecule has 9 heteroatoms. The number of fused-ring (bicyclic) bond motifs is 2. The van der Waals surface area contributed by atoms with Gasteiger partial charge in [-0.25, -0.2) is 4.98 Å². The fourth-order valence-electron chi connectivity index (χ4n) is 3.28. The zero-order valence-electron chi connectivity index (χ0n) is 16.0. The lowest BCUT2D eigenvalue weighted by molar-refractivity contribution is 0.0941. The Morgan fingerprint density at radius 2 is 2.24 bits per heavy atom. The van der Waals surface area contributed by atoms with Crippen LogP contribution in [0.1, 0.15) is 22.5 Å². The van der Waals surface area contributed by atoms with Crippen LogP contribution in [0.2, 0.25) is 0 Å². The van der Waals surface area contributed by atoms with Crippen LogP contribution in [0.4, 0.5) is 0 Å². The number of amides is 1. The number of rotatable bonds is 8. The van der Waals surface area contributed by atoms with Gasteiger partial charge in [0.15, 0.2) is 0 Å². The molecule has 0 bridgehead atoms. The van der Waals surface area contributed by atoms with E-state index < -0.39 is 0 Å². The van der Waals surface area contributed by atoms with E-state index in [4.69, 9.17) is 9.26 Å². The second-order valence-corrected chi connectivity index (χ2v) is 6.65. The maximum atomic E-state index is 12.9. The summed E-state index contributed by atoms with van der Waals surface area (Å²) in [6.45, 7) is 1.30. The third kappa shape index (κ3) is 3.77. The number of aryl methyl sites for hydroxylation is 1. The van der Waals surface area contributed by atoms with E-state index in [9.17, 15) is 9.59 Å². The number of ether oxygens (including phenoxy) is 1. The van der Waals surface area contributed by atoms with Crippen molar-refractivity contribution in [3.63, 3.8) is 0 Å². The van der Waals surface area contributed by atoms with Crippen molar-refractivity contribution in [2.24, 2.45) is 0 Å². The quantitative estimate of drug-likeness (QED) is 0.455. The smallest absolute Gasteiger partial charge is 0.267 e. The van der Waals surface area contributed by atoms with Crippen molar-refractivity contribution < 1.29 is 14.1 Å². The molecule has 0 radical (unpaired) electrons. The van der Waals surface area contributed by atoms with Gasteiger partial charge in [-0.1, -0.05) is 11.2 Å². The fraction of sp³-hybridized carbons (Fsp3) is 0.300. The van der Waals surface area contributed by atoms with Crippen LogP contribution >= 0.6 is 0 Å². The van der Waals surface area contributed by atoms with Gasteiger partial charge >= 0.3 is 0 Å². The summed E-state index contributed by atoms with van der Waals surface area (Å²) in [6.07, 6.45) is 6.42. The van der Waals surface area contributed by atoms with Crippen LogP contribution in [-0.2, 0) is 17.7 Å². The number of carbonyl (C=O) groups excluding carboxylic acids is 1. The maximum Gasteiger partial charge on any atom is 0.267 e. The minimum atomic E-state index is -0.252. The number of hydrogen-bond acceptors (Lipinski definition) is 6. The monoisotopic (exact) mass is 395 g/mol. The molecule has 0 saturated heterocycles. The van der Waals surface area contributed by atoms with Crippen molar-refractivity contribution in [2.45, 2.75) is 19.4 Å². The van der Waals surface area contributed by atoms with Crippen molar-refractivity contribution in [1.82, 2.24) is 24.4 Å². The van der Waals surface area contributed by atoms with Gasteiger partial charge in [0.2, 0.25) is 0 Å². The highest BCUT2D eigenvalue weighted by molar-refractivity contribution is 5.98. The Kier molecular flexibility index (Phi) is 5.39. The molecule has 0 atom stereocenters. The Morgan fingerprint density at radius 3 is 3.03 bits per heavy atom. The van der Waals surface area contributed by atoms with E-state index in [0.29, 0.717) is 42.1 Å². The van der Waals surface area contributed by atoms with Gasteiger partial charge in [0.05, 0.1) is 18.2 Å². The lowest BCUT2D eigenvalue weighted by Gasteiger charge is -2.10. The third-order valence-corrected chi connectivity index (χ3v) is 4.74. The standard InChI is InChI=1S/C20H21N5O4/c1-28-10-9-24-16(19(26)21-7-4-5-14-12-22-29-13-14)11-15-18(24)23-17-6-2-3-8-25(17)20(15)27/h2-3,6,8,11-13H,4-5,7,9-10H2,1H3,(H,21,26). The van der Waals surface area contributed by atoms with E-state index in [2.05, 4.69) is 15.5 Å². The molecule has 0 aliphatic carbocycles. The van der Waals surface area contributed by atoms with Crippen molar-refractivity contribution in [3.05, 3.63) is 64.5 Å². The minimum absolute atomic E-state index is 0.205. The van der Waals surface area contributed by atoms with Crippen molar-refractivity contribution in [2.75, 3.05) is 20.3 Å². The molecule has 1 amide bonds. The number of pyridine rings is 1. The van der Waals surface area contributed by atoms with Gasteiger partial charge in [0, 0.05) is 32.0 Å². The molecule has 0 unspecified atom stereocenters. The predicted molar refractivity (Wildman–Crippen MR) is 106 cm³/mol.